The standard InChI is InChI=1S/C24H13FN4O2/c25-15-10-8-14(9-11-15)21-20-19-17(12-26-22(20)28-27-21)23(30)29(24(19)31)18-7-3-5-13-4-1-2-6-16(13)18/h1-12H,(H,26,27,28). The van der Waals surface area contributed by atoms with Crippen LogP contribution in [0.1, 0.15) is 20.7 Å². The van der Waals surface area contributed by atoms with Crippen LogP contribution in [0, 0.1) is 5.82 Å². The number of aromatic nitrogens is 3. The average molecular weight is 408 g/mol. The zero-order chi connectivity index (χ0) is 21.1. The van der Waals surface area contributed by atoms with Crippen molar-refractivity contribution < 1.29 is 14.0 Å². The van der Waals surface area contributed by atoms with Crippen molar-refractivity contribution in [1.29, 1.82) is 0 Å². The van der Waals surface area contributed by atoms with E-state index in [1.165, 1.54) is 23.2 Å². The number of imide groups is 1. The van der Waals surface area contributed by atoms with Crippen LogP contribution in [-0.2, 0) is 0 Å². The molecule has 5 aromatic rings. The monoisotopic (exact) mass is 408 g/mol. The SMILES string of the molecule is O=C1c2cnc3n[nH]c(-c4ccc(F)cc4)c3c2C(=O)N1c1cccc2ccccc12. The van der Waals surface area contributed by atoms with Crippen molar-refractivity contribution in [2.75, 3.05) is 4.90 Å². The predicted octanol–water partition coefficient (Wildman–Crippen LogP) is 4.72. The van der Waals surface area contributed by atoms with Gasteiger partial charge in [0.2, 0.25) is 0 Å². The van der Waals surface area contributed by atoms with Crippen molar-refractivity contribution in [1.82, 2.24) is 15.2 Å². The van der Waals surface area contributed by atoms with E-state index < -0.39 is 11.8 Å². The first-order valence-corrected chi connectivity index (χ1v) is 9.63. The minimum atomic E-state index is -0.437. The quantitative estimate of drug-likeness (QED) is 0.429. The first kappa shape index (κ1) is 17.5. The second-order valence-electron chi connectivity index (χ2n) is 7.29. The molecule has 148 valence electrons. The highest BCUT2D eigenvalue weighted by atomic mass is 19.1. The van der Waals surface area contributed by atoms with Gasteiger partial charge >= 0.3 is 0 Å². The van der Waals surface area contributed by atoms with Crippen LogP contribution in [0.25, 0.3) is 33.1 Å². The molecule has 3 aromatic carbocycles. The summed E-state index contributed by atoms with van der Waals surface area (Å²) in [5.74, 6) is -1.24. The van der Waals surface area contributed by atoms with Crippen LogP contribution in [0.2, 0.25) is 0 Å². The molecule has 31 heavy (non-hydrogen) atoms. The van der Waals surface area contributed by atoms with Gasteiger partial charge in [0.1, 0.15) is 5.82 Å². The van der Waals surface area contributed by atoms with E-state index in [1.807, 2.05) is 36.4 Å². The number of amides is 2. The molecular formula is C24H13FN4O2. The molecule has 1 aliphatic heterocycles. The number of hydrogen-bond acceptors (Lipinski definition) is 4. The van der Waals surface area contributed by atoms with E-state index in [-0.39, 0.29) is 16.9 Å². The van der Waals surface area contributed by atoms with Crippen molar-refractivity contribution in [2.45, 2.75) is 0 Å². The third-order valence-electron chi connectivity index (χ3n) is 5.57. The molecule has 2 amide bonds. The summed E-state index contributed by atoms with van der Waals surface area (Å²) >= 11 is 0. The topological polar surface area (TPSA) is 79.0 Å². The lowest BCUT2D eigenvalue weighted by molar-refractivity contribution is 0.0927. The molecule has 0 spiro atoms. The zero-order valence-corrected chi connectivity index (χ0v) is 16.0. The molecule has 6 rings (SSSR count). The third kappa shape index (κ3) is 2.43. The van der Waals surface area contributed by atoms with E-state index in [1.54, 1.807) is 18.2 Å². The second kappa shape index (κ2) is 6.30. The smallest absolute Gasteiger partial charge is 0.267 e. The molecule has 0 fully saturated rings. The Kier molecular flexibility index (Phi) is 3.55. The number of aromatic amines is 1. The number of benzene rings is 3. The molecular weight excluding hydrogens is 395 g/mol. The van der Waals surface area contributed by atoms with E-state index in [2.05, 4.69) is 15.2 Å². The summed E-state index contributed by atoms with van der Waals surface area (Å²) in [5, 5.41) is 9.25. The van der Waals surface area contributed by atoms with Crippen LogP contribution in [-0.4, -0.2) is 27.0 Å². The van der Waals surface area contributed by atoms with Gasteiger partial charge in [0.05, 0.1) is 27.9 Å². The van der Waals surface area contributed by atoms with Crippen molar-refractivity contribution in [2.24, 2.45) is 0 Å². The maximum absolute atomic E-state index is 13.6. The summed E-state index contributed by atoms with van der Waals surface area (Å²) in [6.07, 6.45) is 1.39. The van der Waals surface area contributed by atoms with Gasteiger partial charge in [-0.2, -0.15) is 5.10 Å². The number of nitrogens with one attached hydrogen (secondary N) is 1. The maximum Gasteiger partial charge on any atom is 0.267 e. The first-order valence-electron chi connectivity index (χ1n) is 9.63. The van der Waals surface area contributed by atoms with Gasteiger partial charge in [-0.3, -0.25) is 14.7 Å². The van der Waals surface area contributed by atoms with E-state index in [9.17, 15) is 14.0 Å². The van der Waals surface area contributed by atoms with Gasteiger partial charge in [0.15, 0.2) is 5.65 Å². The Morgan fingerprint density at radius 1 is 0.871 bits per heavy atom. The molecule has 0 bridgehead atoms. The summed E-state index contributed by atoms with van der Waals surface area (Å²) in [5.41, 5.74) is 2.46. The number of rotatable bonds is 2. The summed E-state index contributed by atoms with van der Waals surface area (Å²) in [6, 6.07) is 18.9. The molecule has 3 heterocycles. The second-order valence-corrected chi connectivity index (χ2v) is 7.29. The van der Waals surface area contributed by atoms with Gasteiger partial charge in [-0.1, -0.05) is 36.4 Å². The minimum absolute atomic E-state index is 0.218. The fraction of sp³-hybridized carbons (Fsp3) is 0. The highest BCUT2D eigenvalue weighted by molar-refractivity contribution is 6.39. The van der Waals surface area contributed by atoms with Crippen LogP contribution < -0.4 is 4.90 Å². The lowest BCUT2D eigenvalue weighted by Gasteiger charge is -2.16. The highest BCUT2D eigenvalue weighted by Crippen LogP contribution is 2.38. The van der Waals surface area contributed by atoms with Crippen LogP contribution in [0.4, 0.5) is 10.1 Å². The molecule has 0 atom stereocenters. The van der Waals surface area contributed by atoms with Gasteiger partial charge in [-0.05, 0) is 35.7 Å². The van der Waals surface area contributed by atoms with Crippen LogP contribution in [0.5, 0.6) is 0 Å². The van der Waals surface area contributed by atoms with Crippen LogP contribution >= 0.6 is 0 Å². The minimum Gasteiger partial charge on any atom is -0.275 e. The van der Waals surface area contributed by atoms with E-state index in [0.717, 1.165) is 10.8 Å². The van der Waals surface area contributed by atoms with Gasteiger partial charge < -0.3 is 0 Å². The number of carbonyl (C=O) groups excluding carboxylic acids is 2. The maximum atomic E-state index is 13.6. The summed E-state index contributed by atoms with van der Waals surface area (Å²) in [7, 11) is 0. The Morgan fingerprint density at radius 3 is 2.48 bits per heavy atom. The molecule has 7 heteroatoms. The summed E-state index contributed by atoms with van der Waals surface area (Å²) in [4.78, 5) is 32.3. The Morgan fingerprint density at radius 2 is 1.65 bits per heavy atom. The number of nitrogens with zero attached hydrogens (tertiary/aromatic N) is 3. The summed E-state index contributed by atoms with van der Waals surface area (Å²) < 4.78 is 13.4. The van der Waals surface area contributed by atoms with Crippen molar-refractivity contribution in [3.05, 3.63) is 89.9 Å². The van der Waals surface area contributed by atoms with Crippen LogP contribution in [0.15, 0.2) is 72.9 Å². The first-order chi connectivity index (χ1) is 15.1. The van der Waals surface area contributed by atoms with E-state index in [0.29, 0.717) is 28.0 Å². The number of fused-ring (bicyclic) bond motifs is 4. The van der Waals surface area contributed by atoms with Gasteiger partial charge in [-0.25, -0.2) is 14.3 Å². The number of halogens is 1. The predicted molar refractivity (Wildman–Crippen MR) is 114 cm³/mol. The number of carbonyl (C=O) groups is 2. The lowest BCUT2D eigenvalue weighted by atomic mass is 10.0. The van der Waals surface area contributed by atoms with Crippen molar-refractivity contribution in [3.63, 3.8) is 0 Å². The molecule has 0 unspecified atom stereocenters. The van der Waals surface area contributed by atoms with Gasteiger partial charge in [0, 0.05) is 17.1 Å². The fourth-order valence-corrected chi connectivity index (χ4v) is 4.14. The van der Waals surface area contributed by atoms with Crippen molar-refractivity contribution >= 4 is 39.3 Å². The number of pyridine rings is 1. The summed E-state index contributed by atoms with van der Waals surface area (Å²) in [6.45, 7) is 0. The molecule has 0 radical (unpaired) electrons. The molecule has 0 saturated heterocycles. The largest absolute Gasteiger partial charge is 0.275 e. The Bertz CT molecular complexity index is 1530. The van der Waals surface area contributed by atoms with Gasteiger partial charge in [0.25, 0.3) is 11.8 Å². The number of H-pyrrole nitrogens is 1. The lowest BCUT2D eigenvalue weighted by Crippen LogP contribution is -2.29. The fourth-order valence-electron chi connectivity index (χ4n) is 4.14. The Balaban J connectivity index is 1.59. The van der Waals surface area contributed by atoms with E-state index >= 15 is 0 Å². The average Bonchev–Trinajstić information content (AvgIpc) is 3.33. The molecule has 1 N–H and O–H groups in total. The zero-order valence-electron chi connectivity index (χ0n) is 16.0. The van der Waals surface area contributed by atoms with Gasteiger partial charge in [-0.15, -0.1) is 0 Å². The molecule has 0 saturated carbocycles. The Hall–Kier alpha value is -4.39. The molecule has 2 aromatic heterocycles. The van der Waals surface area contributed by atoms with E-state index in [4.69, 9.17) is 0 Å². The highest BCUT2D eigenvalue weighted by Gasteiger charge is 2.40. The van der Waals surface area contributed by atoms with Crippen molar-refractivity contribution in [3.8, 4) is 11.3 Å². The molecule has 6 nitrogen and oxygen atoms in total. The third-order valence-corrected chi connectivity index (χ3v) is 5.57. The molecule has 0 aliphatic carbocycles. The Labute approximate surface area is 174 Å². The molecule has 1 aliphatic rings. The van der Waals surface area contributed by atoms with Crippen LogP contribution in [0.3, 0.4) is 0 Å². The number of anilines is 1. The number of hydrogen-bond donors (Lipinski definition) is 1. The normalized spacial score (nSPS) is 13.4.